The van der Waals surface area contributed by atoms with Gasteiger partial charge in [-0.1, -0.05) is 96.8 Å². The predicted molar refractivity (Wildman–Crippen MR) is 125 cm³/mol. The second-order valence-electron chi connectivity index (χ2n) is 9.12. The van der Waals surface area contributed by atoms with Gasteiger partial charge in [-0.2, -0.15) is 0 Å². The fourth-order valence-corrected chi connectivity index (χ4v) is 4.28. The van der Waals surface area contributed by atoms with Crippen LogP contribution in [-0.2, 0) is 19.0 Å². The van der Waals surface area contributed by atoms with Gasteiger partial charge < -0.3 is 29.5 Å². The number of carbonyl (C=O) groups excluding carboxylic acids is 1. The monoisotopic (exact) mass is 474 g/mol. The lowest BCUT2D eigenvalue weighted by Crippen LogP contribution is -2.45. The van der Waals surface area contributed by atoms with Gasteiger partial charge in [0.2, 0.25) is 0 Å². The fraction of sp³-hybridized carbons (Fsp3) is 0.920. The molecule has 1 aliphatic heterocycles. The summed E-state index contributed by atoms with van der Waals surface area (Å²) in [5.41, 5.74) is 0. The van der Waals surface area contributed by atoms with Crippen LogP contribution in [0, 0.1) is 0 Å². The Balaban J connectivity index is 2.02. The molecule has 0 aromatic carbocycles. The number of unbranched alkanes of at least 4 members (excludes halogenated alkanes) is 14. The van der Waals surface area contributed by atoms with Crippen LogP contribution in [0.3, 0.4) is 0 Å². The van der Waals surface area contributed by atoms with Gasteiger partial charge in [-0.15, -0.1) is 0 Å². The maximum atomic E-state index is 12.1. The Hall–Kier alpha value is -1.38. The van der Waals surface area contributed by atoms with Gasteiger partial charge in [0.15, 0.2) is 12.2 Å². The van der Waals surface area contributed by atoms with Crippen molar-refractivity contribution < 1.29 is 39.1 Å². The molecule has 0 aromatic heterocycles. The zero-order valence-corrected chi connectivity index (χ0v) is 20.4. The lowest BCUT2D eigenvalue weighted by atomic mass is 10.0. The van der Waals surface area contributed by atoms with Gasteiger partial charge in [-0.25, -0.2) is 4.79 Å². The molecule has 1 saturated heterocycles. The number of carboxylic acid groups (broad SMARTS) is 1. The summed E-state index contributed by atoms with van der Waals surface area (Å²) in [6.45, 7) is 1.57. The number of hydrogen-bond donors (Lipinski definition) is 3. The topological polar surface area (TPSA) is 123 Å². The van der Waals surface area contributed by atoms with Crippen molar-refractivity contribution in [1.29, 1.82) is 0 Å². The summed E-state index contributed by atoms with van der Waals surface area (Å²) in [6.07, 6.45) is 12.9. The van der Waals surface area contributed by atoms with E-state index in [0.717, 1.165) is 12.8 Å². The van der Waals surface area contributed by atoms with E-state index in [2.05, 4.69) is 11.7 Å². The van der Waals surface area contributed by atoms with E-state index in [4.69, 9.17) is 14.6 Å². The van der Waals surface area contributed by atoms with Crippen LogP contribution in [0.1, 0.15) is 110 Å². The first-order chi connectivity index (χ1) is 16.0. The van der Waals surface area contributed by atoms with Crippen molar-refractivity contribution in [3.05, 3.63) is 0 Å². The van der Waals surface area contributed by atoms with Crippen molar-refractivity contribution in [2.75, 3.05) is 13.2 Å². The zero-order valence-electron chi connectivity index (χ0n) is 20.4. The van der Waals surface area contributed by atoms with Crippen molar-refractivity contribution >= 4 is 12.1 Å². The van der Waals surface area contributed by atoms with E-state index >= 15 is 0 Å². The zero-order chi connectivity index (χ0) is 24.3. The van der Waals surface area contributed by atoms with E-state index in [1.54, 1.807) is 0 Å². The van der Waals surface area contributed by atoms with E-state index in [1.165, 1.54) is 77.0 Å². The van der Waals surface area contributed by atoms with Crippen LogP contribution in [0.2, 0.25) is 0 Å². The first-order valence-electron chi connectivity index (χ1n) is 13.0. The predicted octanol–water partition coefficient (Wildman–Crippen LogP) is 4.97. The van der Waals surface area contributed by atoms with Crippen LogP contribution >= 0.6 is 0 Å². The van der Waals surface area contributed by atoms with Gasteiger partial charge in [-0.3, -0.25) is 4.79 Å². The molecule has 0 saturated carbocycles. The summed E-state index contributed by atoms with van der Waals surface area (Å²) in [4.78, 5) is 22.9. The van der Waals surface area contributed by atoms with Crippen molar-refractivity contribution in [3.63, 3.8) is 0 Å². The fourth-order valence-electron chi connectivity index (χ4n) is 4.28. The number of aliphatic hydroxyl groups is 2. The van der Waals surface area contributed by atoms with Gasteiger partial charge >= 0.3 is 12.1 Å². The standard InChI is InChI=1S/C25H46O8/c1-2-3-4-5-6-7-8-9-10-11-12-13-14-15-16-17-22(28)32-21(18-26)24-23(33-25(29)30)20(27)19-31-24/h20-21,23-24,26-27H,2-19H2,1H3,(H,29,30)/t20-,21+,23+,24+/m0/s1. The van der Waals surface area contributed by atoms with Gasteiger partial charge in [0.25, 0.3) is 0 Å². The molecule has 0 spiro atoms. The summed E-state index contributed by atoms with van der Waals surface area (Å²) < 4.78 is 15.2. The summed E-state index contributed by atoms with van der Waals surface area (Å²) in [7, 11) is 0. The Bertz CT molecular complexity index is 513. The molecule has 1 fully saturated rings. The molecule has 4 atom stereocenters. The van der Waals surface area contributed by atoms with Crippen LogP contribution in [0.15, 0.2) is 0 Å². The number of aliphatic hydroxyl groups excluding tert-OH is 2. The first kappa shape index (κ1) is 29.7. The number of carbonyl (C=O) groups is 2. The lowest BCUT2D eigenvalue weighted by molar-refractivity contribution is -0.163. The molecule has 8 heteroatoms. The maximum absolute atomic E-state index is 12.1. The van der Waals surface area contributed by atoms with Crippen molar-refractivity contribution in [2.45, 2.75) is 134 Å². The van der Waals surface area contributed by atoms with Crippen LogP contribution < -0.4 is 0 Å². The van der Waals surface area contributed by atoms with Crippen molar-refractivity contribution in [3.8, 4) is 0 Å². The smallest absolute Gasteiger partial charge is 0.457 e. The van der Waals surface area contributed by atoms with Crippen molar-refractivity contribution in [2.24, 2.45) is 0 Å². The molecule has 0 aromatic rings. The third kappa shape index (κ3) is 13.8. The Morgan fingerprint density at radius 1 is 0.879 bits per heavy atom. The SMILES string of the molecule is CCCCCCCCCCCCCCCCCC(=O)O[C@H](CO)[C@H]1OC[C@H](O)[C@H]1OC(=O)O. The minimum atomic E-state index is -1.56. The highest BCUT2D eigenvalue weighted by Crippen LogP contribution is 2.23. The van der Waals surface area contributed by atoms with E-state index in [0.29, 0.717) is 6.42 Å². The molecule has 33 heavy (non-hydrogen) atoms. The first-order valence-corrected chi connectivity index (χ1v) is 13.0. The second-order valence-corrected chi connectivity index (χ2v) is 9.12. The highest BCUT2D eigenvalue weighted by molar-refractivity contribution is 5.69. The molecule has 0 amide bonds. The number of esters is 1. The molecule has 0 unspecified atom stereocenters. The summed E-state index contributed by atoms with van der Waals surface area (Å²) in [6, 6.07) is 0. The quantitative estimate of drug-likeness (QED) is 0.167. The molecule has 0 aliphatic carbocycles. The van der Waals surface area contributed by atoms with Crippen molar-refractivity contribution in [1.82, 2.24) is 0 Å². The number of ether oxygens (including phenoxy) is 3. The maximum Gasteiger partial charge on any atom is 0.506 e. The van der Waals surface area contributed by atoms with Crippen LogP contribution in [0.5, 0.6) is 0 Å². The molecule has 1 heterocycles. The summed E-state index contributed by atoms with van der Waals surface area (Å²) >= 11 is 0. The second kappa shape index (κ2) is 19.0. The normalized spacial score (nSPS) is 21.1. The third-order valence-electron chi connectivity index (χ3n) is 6.21. The Labute approximate surface area is 199 Å². The molecule has 1 aliphatic rings. The molecule has 194 valence electrons. The van der Waals surface area contributed by atoms with Crippen LogP contribution in [-0.4, -0.2) is 65.1 Å². The molecule has 8 nitrogen and oxygen atoms in total. The highest BCUT2D eigenvalue weighted by atomic mass is 16.7. The molecular weight excluding hydrogens is 428 g/mol. The van der Waals surface area contributed by atoms with E-state index in [1.807, 2.05) is 0 Å². The molecule has 3 N–H and O–H groups in total. The molecule has 1 rings (SSSR count). The van der Waals surface area contributed by atoms with Gasteiger partial charge in [0.05, 0.1) is 13.2 Å². The van der Waals surface area contributed by atoms with E-state index in [9.17, 15) is 19.8 Å². The molecule has 0 radical (unpaired) electrons. The average Bonchev–Trinajstić information content (AvgIpc) is 3.14. The highest BCUT2D eigenvalue weighted by Gasteiger charge is 2.45. The lowest BCUT2D eigenvalue weighted by Gasteiger charge is -2.25. The van der Waals surface area contributed by atoms with E-state index < -0.39 is 43.1 Å². The summed E-state index contributed by atoms with van der Waals surface area (Å²) in [5, 5.41) is 28.1. The Morgan fingerprint density at radius 2 is 1.36 bits per heavy atom. The number of hydrogen-bond acceptors (Lipinski definition) is 7. The molecule has 0 bridgehead atoms. The average molecular weight is 475 g/mol. The molecular formula is C25H46O8. The minimum absolute atomic E-state index is 0.143. The van der Waals surface area contributed by atoms with Gasteiger partial charge in [0, 0.05) is 6.42 Å². The van der Waals surface area contributed by atoms with Gasteiger partial charge in [0.1, 0.15) is 12.2 Å². The third-order valence-corrected chi connectivity index (χ3v) is 6.21. The Morgan fingerprint density at radius 3 is 1.82 bits per heavy atom. The van der Waals surface area contributed by atoms with Crippen LogP contribution in [0.4, 0.5) is 4.79 Å². The largest absolute Gasteiger partial charge is 0.506 e. The summed E-state index contributed by atoms with van der Waals surface area (Å²) in [5.74, 6) is -0.470. The minimum Gasteiger partial charge on any atom is -0.457 e. The van der Waals surface area contributed by atoms with Crippen LogP contribution in [0.25, 0.3) is 0 Å². The Kier molecular flexibility index (Phi) is 17.1. The van der Waals surface area contributed by atoms with E-state index in [-0.39, 0.29) is 13.0 Å². The van der Waals surface area contributed by atoms with Gasteiger partial charge in [-0.05, 0) is 6.42 Å². The number of rotatable bonds is 20.